The van der Waals surface area contributed by atoms with Crippen molar-refractivity contribution in [2.75, 3.05) is 5.32 Å². The smallest absolute Gasteiger partial charge is 0.255 e. The molecule has 0 bridgehead atoms. The maximum atomic E-state index is 12.1. The maximum absolute atomic E-state index is 12.1. The van der Waals surface area contributed by atoms with Crippen LogP contribution in [0.2, 0.25) is 0 Å². The number of rotatable bonds is 3. The molecule has 102 valence electrons. The van der Waals surface area contributed by atoms with Crippen LogP contribution in [0.3, 0.4) is 0 Å². The molecule has 0 fully saturated rings. The second-order valence-corrected chi connectivity index (χ2v) is 5.77. The molecule has 2 rings (SSSR count). The summed E-state index contributed by atoms with van der Waals surface area (Å²) >= 11 is 8.28. The van der Waals surface area contributed by atoms with Crippen LogP contribution in [0, 0.1) is 6.92 Å². The monoisotopic (exact) mass is 348 g/mol. The summed E-state index contributed by atoms with van der Waals surface area (Å²) in [6.07, 6.45) is 0. The van der Waals surface area contributed by atoms with Gasteiger partial charge in [-0.15, -0.1) is 0 Å². The average molecular weight is 349 g/mol. The van der Waals surface area contributed by atoms with Gasteiger partial charge in [-0.25, -0.2) is 0 Å². The highest BCUT2D eigenvalue weighted by Gasteiger charge is 2.07. The van der Waals surface area contributed by atoms with Crippen LogP contribution >= 0.6 is 28.1 Å². The number of thiocarbonyl (C=S) groups is 1. The van der Waals surface area contributed by atoms with Crippen molar-refractivity contribution in [1.29, 1.82) is 0 Å². The van der Waals surface area contributed by atoms with Gasteiger partial charge < -0.3 is 11.1 Å². The Hall–Kier alpha value is -1.72. The molecule has 0 aliphatic heterocycles. The summed E-state index contributed by atoms with van der Waals surface area (Å²) in [4.78, 5) is 12.4. The number of amides is 1. The highest BCUT2D eigenvalue weighted by molar-refractivity contribution is 9.10. The highest BCUT2D eigenvalue weighted by atomic mass is 79.9. The Kier molecular flexibility index (Phi) is 4.52. The molecule has 20 heavy (non-hydrogen) atoms. The summed E-state index contributed by atoms with van der Waals surface area (Å²) in [5.74, 6) is -0.169. The molecule has 0 radical (unpaired) electrons. The largest absolute Gasteiger partial charge is 0.389 e. The van der Waals surface area contributed by atoms with E-state index in [0.717, 1.165) is 21.3 Å². The SMILES string of the molecule is Cc1cc(Br)cc(NC(=O)c2ccc(C(N)=S)cc2)c1. The van der Waals surface area contributed by atoms with Gasteiger partial charge in [-0.1, -0.05) is 40.3 Å². The third-order valence-electron chi connectivity index (χ3n) is 2.73. The van der Waals surface area contributed by atoms with Crippen molar-refractivity contribution in [2.45, 2.75) is 6.92 Å². The summed E-state index contributed by atoms with van der Waals surface area (Å²) in [5.41, 5.74) is 8.64. The summed E-state index contributed by atoms with van der Waals surface area (Å²) in [6, 6.07) is 12.6. The van der Waals surface area contributed by atoms with E-state index in [2.05, 4.69) is 21.2 Å². The molecule has 3 N–H and O–H groups in total. The average Bonchev–Trinajstić information content (AvgIpc) is 2.37. The molecule has 0 unspecified atom stereocenters. The van der Waals surface area contributed by atoms with Gasteiger partial charge in [0.25, 0.3) is 5.91 Å². The fourth-order valence-electron chi connectivity index (χ4n) is 1.80. The van der Waals surface area contributed by atoms with Crippen molar-refractivity contribution in [3.8, 4) is 0 Å². The second kappa shape index (κ2) is 6.15. The highest BCUT2D eigenvalue weighted by Crippen LogP contribution is 2.19. The summed E-state index contributed by atoms with van der Waals surface area (Å²) < 4.78 is 0.927. The number of hydrogen-bond donors (Lipinski definition) is 2. The van der Waals surface area contributed by atoms with Gasteiger partial charge in [-0.2, -0.15) is 0 Å². The number of nitrogens with one attached hydrogen (secondary N) is 1. The van der Waals surface area contributed by atoms with Crippen LogP contribution in [0.1, 0.15) is 21.5 Å². The Morgan fingerprint density at radius 2 is 1.75 bits per heavy atom. The van der Waals surface area contributed by atoms with Crippen molar-refractivity contribution < 1.29 is 4.79 Å². The normalized spacial score (nSPS) is 10.1. The third kappa shape index (κ3) is 3.65. The molecular formula is C15H13BrN2OS. The molecule has 3 nitrogen and oxygen atoms in total. The zero-order chi connectivity index (χ0) is 14.7. The Morgan fingerprint density at radius 3 is 2.30 bits per heavy atom. The number of halogens is 1. The molecule has 0 saturated heterocycles. The topological polar surface area (TPSA) is 55.1 Å². The van der Waals surface area contributed by atoms with E-state index in [-0.39, 0.29) is 5.91 Å². The lowest BCUT2D eigenvalue weighted by Crippen LogP contribution is -2.13. The third-order valence-corrected chi connectivity index (χ3v) is 3.43. The van der Waals surface area contributed by atoms with Gasteiger partial charge in [0.05, 0.1) is 0 Å². The molecule has 1 amide bonds. The van der Waals surface area contributed by atoms with Gasteiger partial charge in [-0.3, -0.25) is 4.79 Å². The molecule has 0 saturated carbocycles. The zero-order valence-corrected chi connectivity index (χ0v) is 13.2. The first-order valence-electron chi connectivity index (χ1n) is 5.94. The predicted octanol–water partition coefficient (Wildman–Crippen LogP) is 3.64. The van der Waals surface area contributed by atoms with Crippen LogP contribution in [-0.2, 0) is 0 Å². The van der Waals surface area contributed by atoms with Gasteiger partial charge >= 0.3 is 0 Å². The molecule has 0 aliphatic carbocycles. The lowest BCUT2D eigenvalue weighted by atomic mass is 10.1. The fourth-order valence-corrected chi connectivity index (χ4v) is 2.54. The van der Waals surface area contributed by atoms with E-state index in [1.807, 2.05) is 25.1 Å². The van der Waals surface area contributed by atoms with Crippen LogP contribution in [0.15, 0.2) is 46.9 Å². The van der Waals surface area contributed by atoms with Gasteiger partial charge in [0.2, 0.25) is 0 Å². The van der Waals surface area contributed by atoms with Crippen molar-refractivity contribution in [2.24, 2.45) is 5.73 Å². The van der Waals surface area contributed by atoms with Gasteiger partial charge in [0, 0.05) is 21.3 Å². The van der Waals surface area contributed by atoms with Gasteiger partial charge in [0.1, 0.15) is 4.99 Å². The van der Waals surface area contributed by atoms with E-state index < -0.39 is 0 Å². The lowest BCUT2D eigenvalue weighted by Gasteiger charge is -2.07. The van der Waals surface area contributed by atoms with E-state index in [4.69, 9.17) is 18.0 Å². The molecule has 2 aromatic rings. The van der Waals surface area contributed by atoms with Crippen LogP contribution < -0.4 is 11.1 Å². The minimum absolute atomic E-state index is 0.169. The summed E-state index contributed by atoms with van der Waals surface area (Å²) in [7, 11) is 0. The minimum atomic E-state index is -0.169. The first-order valence-corrected chi connectivity index (χ1v) is 7.14. The lowest BCUT2D eigenvalue weighted by molar-refractivity contribution is 0.102. The maximum Gasteiger partial charge on any atom is 0.255 e. The first-order chi connectivity index (χ1) is 9.45. The van der Waals surface area contributed by atoms with Crippen molar-refractivity contribution in [1.82, 2.24) is 0 Å². The Morgan fingerprint density at radius 1 is 1.15 bits per heavy atom. The van der Waals surface area contributed by atoms with Crippen molar-refractivity contribution >= 4 is 44.7 Å². The number of hydrogen-bond acceptors (Lipinski definition) is 2. The van der Waals surface area contributed by atoms with Crippen molar-refractivity contribution in [3.63, 3.8) is 0 Å². The quantitative estimate of drug-likeness (QED) is 0.832. The van der Waals surface area contributed by atoms with E-state index in [0.29, 0.717) is 10.6 Å². The minimum Gasteiger partial charge on any atom is -0.389 e. The Bertz CT molecular complexity index is 648. The van der Waals surface area contributed by atoms with Gasteiger partial charge in [-0.05, 0) is 42.8 Å². The van der Waals surface area contributed by atoms with E-state index in [1.165, 1.54) is 0 Å². The van der Waals surface area contributed by atoms with Crippen LogP contribution in [-0.4, -0.2) is 10.9 Å². The molecule has 0 heterocycles. The van der Waals surface area contributed by atoms with Crippen molar-refractivity contribution in [3.05, 3.63) is 63.6 Å². The molecule has 5 heteroatoms. The first kappa shape index (κ1) is 14.7. The summed E-state index contributed by atoms with van der Waals surface area (Å²) in [6.45, 7) is 1.97. The number of carbonyl (C=O) groups excluding carboxylic acids is 1. The van der Waals surface area contributed by atoms with E-state index >= 15 is 0 Å². The number of aryl methyl sites for hydroxylation is 1. The number of nitrogens with two attached hydrogens (primary N) is 1. The Labute approximate surface area is 131 Å². The van der Waals surface area contributed by atoms with E-state index in [1.54, 1.807) is 24.3 Å². The molecule has 0 aliphatic rings. The number of carbonyl (C=O) groups is 1. The Balaban J connectivity index is 2.17. The molecular weight excluding hydrogens is 336 g/mol. The second-order valence-electron chi connectivity index (χ2n) is 4.41. The molecule has 2 aromatic carbocycles. The number of benzene rings is 2. The predicted molar refractivity (Wildman–Crippen MR) is 89.2 cm³/mol. The molecule has 0 aromatic heterocycles. The molecule has 0 spiro atoms. The fraction of sp³-hybridized carbons (Fsp3) is 0.0667. The van der Waals surface area contributed by atoms with Gasteiger partial charge in [0.15, 0.2) is 0 Å². The zero-order valence-electron chi connectivity index (χ0n) is 10.8. The van der Waals surface area contributed by atoms with E-state index in [9.17, 15) is 4.79 Å². The summed E-state index contributed by atoms with van der Waals surface area (Å²) in [5, 5.41) is 2.86. The van der Waals surface area contributed by atoms with Crippen LogP contribution in [0.25, 0.3) is 0 Å². The van der Waals surface area contributed by atoms with Crippen LogP contribution in [0.5, 0.6) is 0 Å². The molecule has 0 atom stereocenters. The standard InChI is InChI=1S/C15H13BrN2OS/c1-9-6-12(16)8-13(7-9)18-15(19)11-4-2-10(3-5-11)14(17)20/h2-8H,1H3,(H2,17,20)(H,18,19). The van der Waals surface area contributed by atoms with Crippen LogP contribution in [0.4, 0.5) is 5.69 Å². The number of anilines is 1.